The molecule has 1 N–H and O–H groups in total. The minimum absolute atomic E-state index is 0.0789. The van der Waals surface area contributed by atoms with E-state index in [1.165, 1.54) is 7.11 Å². The van der Waals surface area contributed by atoms with Crippen LogP contribution in [0.25, 0.3) is 0 Å². The summed E-state index contributed by atoms with van der Waals surface area (Å²) in [7, 11) is 2.85. The lowest BCUT2D eigenvalue weighted by Crippen LogP contribution is -2.13. The SMILES string of the molecule is COC(=O)C(O)c1cccc(C(C)OC)c1. The fourth-order valence-electron chi connectivity index (χ4n) is 1.37. The summed E-state index contributed by atoms with van der Waals surface area (Å²) >= 11 is 0. The van der Waals surface area contributed by atoms with Gasteiger partial charge in [-0.2, -0.15) is 0 Å². The number of hydrogen-bond acceptors (Lipinski definition) is 4. The second kappa shape index (κ2) is 5.63. The zero-order chi connectivity index (χ0) is 12.1. The van der Waals surface area contributed by atoms with Crippen LogP contribution < -0.4 is 0 Å². The molecule has 88 valence electrons. The van der Waals surface area contributed by atoms with Crippen molar-refractivity contribution in [2.45, 2.75) is 19.1 Å². The van der Waals surface area contributed by atoms with Crippen molar-refractivity contribution in [2.75, 3.05) is 14.2 Å². The second-order valence-corrected chi connectivity index (χ2v) is 3.47. The van der Waals surface area contributed by atoms with Gasteiger partial charge in [-0.1, -0.05) is 24.3 Å². The van der Waals surface area contributed by atoms with Gasteiger partial charge >= 0.3 is 5.97 Å². The lowest BCUT2D eigenvalue weighted by atomic mass is 10.0. The number of carbonyl (C=O) groups excluding carboxylic acids is 1. The van der Waals surface area contributed by atoms with Crippen LogP contribution in [0.5, 0.6) is 0 Å². The van der Waals surface area contributed by atoms with Crippen LogP contribution in [0, 0.1) is 0 Å². The Morgan fingerprint density at radius 3 is 2.50 bits per heavy atom. The van der Waals surface area contributed by atoms with Crippen LogP contribution >= 0.6 is 0 Å². The first-order valence-corrected chi connectivity index (χ1v) is 4.98. The molecule has 4 heteroatoms. The van der Waals surface area contributed by atoms with Crippen molar-refractivity contribution in [1.82, 2.24) is 0 Å². The molecule has 0 saturated carbocycles. The summed E-state index contributed by atoms with van der Waals surface area (Å²) in [5, 5.41) is 9.65. The van der Waals surface area contributed by atoms with E-state index in [0.29, 0.717) is 5.56 Å². The van der Waals surface area contributed by atoms with Gasteiger partial charge in [0.05, 0.1) is 13.2 Å². The van der Waals surface area contributed by atoms with Crippen molar-refractivity contribution in [3.8, 4) is 0 Å². The molecule has 0 heterocycles. The predicted octanol–water partition coefficient (Wildman–Crippen LogP) is 1.60. The Bertz CT molecular complexity index is 362. The van der Waals surface area contributed by atoms with E-state index in [-0.39, 0.29) is 6.10 Å². The number of ether oxygens (including phenoxy) is 2. The third kappa shape index (κ3) is 2.81. The summed E-state index contributed by atoms with van der Waals surface area (Å²) < 4.78 is 9.63. The van der Waals surface area contributed by atoms with E-state index in [9.17, 15) is 9.90 Å². The highest BCUT2D eigenvalue weighted by atomic mass is 16.5. The molecule has 0 saturated heterocycles. The molecule has 16 heavy (non-hydrogen) atoms. The summed E-state index contributed by atoms with van der Waals surface area (Å²) in [6, 6.07) is 7.05. The number of rotatable bonds is 4. The molecule has 2 unspecified atom stereocenters. The van der Waals surface area contributed by atoms with Crippen molar-refractivity contribution >= 4 is 5.97 Å². The Kier molecular flexibility index (Phi) is 4.46. The quantitative estimate of drug-likeness (QED) is 0.789. The molecule has 1 aromatic carbocycles. The number of carbonyl (C=O) groups is 1. The number of esters is 1. The van der Waals surface area contributed by atoms with E-state index >= 15 is 0 Å². The third-order valence-corrected chi connectivity index (χ3v) is 2.47. The van der Waals surface area contributed by atoms with Gasteiger partial charge in [-0.3, -0.25) is 0 Å². The Labute approximate surface area is 94.8 Å². The van der Waals surface area contributed by atoms with E-state index in [1.54, 1.807) is 25.3 Å². The van der Waals surface area contributed by atoms with Crippen LogP contribution in [0.1, 0.15) is 30.3 Å². The van der Waals surface area contributed by atoms with Gasteiger partial charge < -0.3 is 14.6 Å². The number of methoxy groups -OCH3 is 2. The molecule has 1 rings (SSSR count). The molecule has 0 aliphatic carbocycles. The third-order valence-electron chi connectivity index (χ3n) is 2.47. The van der Waals surface area contributed by atoms with Crippen LogP contribution in [-0.2, 0) is 14.3 Å². The maximum atomic E-state index is 11.2. The molecule has 0 aliphatic rings. The van der Waals surface area contributed by atoms with E-state index in [4.69, 9.17) is 4.74 Å². The molecule has 0 radical (unpaired) electrons. The number of hydrogen-bond donors (Lipinski definition) is 1. The average Bonchev–Trinajstić information content (AvgIpc) is 2.36. The molecule has 4 nitrogen and oxygen atoms in total. The van der Waals surface area contributed by atoms with E-state index < -0.39 is 12.1 Å². The van der Waals surface area contributed by atoms with Crippen molar-refractivity contribution < 1.29 is 19.4 Å². The molecule has 0 spiro atoms. The summed E-state index contributed by atoms with van der Waals surface area (Å²) in [5.74, 6) is -0.665. The number of aliphatic hydroxyl groups is 1. The van der Waals surface area contributed by atoms with Crippen molar-refractivity contribution in [3.63, 3.8) is 0 Å². The standard InChI is InChI=1S/C12H16O4/c1-8(15-2)9-5-4-6-10(7-9)11(13)12(14)16-3/h4-8,11,13H,1-3H3. The van der Waals surface area contributed by atoms with Crippen molar-refractivity contribution in [3.05, 3.63) is 35.4 Å². The van der Waals surface area contributed by atoms with Crippen LogP contribution in [0.2, 0.25) is 0 Å². The Hall–Kier alpha value is -1.39. The molecule has 0 amide bonds. The van der Waals surface area contributed by atoms with Crippen molar-refractivity contribution in [1.29, 1.82) is 0 Å². The van der Waals surface area contributed by atoms with Crippen LogP contribution in [0.3, 0.4) is 0 Å². The van der Waals surface area contributed by atoms with Gasteiger partial charge in [-0.05, 0) is 18.1 Å². The summed E-state index contributed by atoms with van der Waals surface area (Å²) in [6.45, 7) is 1.89. The maximum Gasteiger partial charge on any atom is 0.339 e. The largest absolute Gasteiger partial charge is 0.467 e. The highest BCUT2D eigenvalue weighted by Crippen LogP contribution is 2.21. The molecule has 0 aromatic heterocycles. The Balaban J connectivity index is 2.94. The molecule has 2 atom stereocenters. The minimum atomic E-state index is -1.24. The van der Waals surface area contributed by atoms with Crippen LogP contribution in [0.15, 0.2) is 24.3 Å². The zero-order valence-corrected chi connectivity index (χ0v) is 9.64. The molecule has 0 aliphatic heterocycles. The summed E-state index contributed by atoms with van der Waals surface area (Å²) in [6.07, 6.45) is -1.32. The highest BCUT2D eigenvalue weighted by molar-refractivity contribution is 5.76. The van der Waals surface area contributed by atoms with Gasteiger partial charge in [0.2, 0.25) is 0 Å². The first-order chi connectivity index (χ1) is 7.60. The molecular weight excluding hydrogens is 208 g/mol. The number of benzene rings is 1. The smallest absolute Gasteiger partial charge is 0.339 e. The fraction of sp³-hybridized carbons (Fsp3) is 0.417. The average molecular weight is 224 g/mol. The lowest BCUT2D eigenvalue weighted by molar-refractivity contribution is -0.150. The molecule has 1 aromatic rings. The Morgan fingerprint density at radius 1 is 1.31 bits per heavy atom. The van der Waals surface area contributed by atoms with E-state index in [0.717, 1.165) is 5.56 Å². The highest BCUT2D eigenvalue weighted by Gasteiger charge is 2.18. The summed E-state index contributed by atoms with van der Waals surface area (Å²) in [4.78, 5) is 11.2. The molecular formula is C12H16O4. The maximum absolute atomic E-state index is 11.2. The first kappa shape index (κ1) is 12.7. The Morgan fingerprint density at radius 2 is 1.94 bits per heavy atom. The fourth-order valence-corrected chi connectivity index (χ4v) is 1.37. The van der Waals surface area contributed by atoms with Crippen LogP contribution in [-0.4, -0.2) is 25.3 Å². The van der Waals surface area contributed by atoms with E-state index in [1.807, 2.05) is 13.0 Å². The number of aliphatic hydroxyl groups excluding tert-OH is 1. The van der Waals surface area contributed by atoms with Gasteiger partial charge in [0.25, 0.3) is 0 Å². The molecule has 0 bridgehead atoms. The van der Waals surface area contributed by atoms with Gasteiger partial charge in [-0.25, -0.2) is 4.79 Å². The van der Waals surface area contributed by atoms with Crippen molar-refractivity contribution in [2.24, 2.45) is 0 Å². The molecule has 0 fully saturated rings. The van der Waals surface area contributed by atoms with E-state index in [2.05, 4.69) is 4.74 Å². The second-order valence-electron chi connectivity index (χ2n) is 3.47. The minimum Gasteiger partial charge on any atom is -0.467 e. The lowest BCUT2D eigenvalue weighted by Gasteiger charge is -2.13. The van der Waals surface area contributed by atoms with Crippen LogP contribution in [0.4, 0.5) is 0 Å². The predicted molar refractivity (Wildman–Crippen MR) is 58.8 cm³/mol. The normalized spacial score (nSPS) is 14.2. The van der Waals surface area contributed by atoms with Gasteiger partial charge in [0, 0.05) is 7.11 Å². The van der Waals surface area contributed by atoms with Gasteiger partial charge in [0.1, 0.15) is 0 Å². The zero-order valence-electron chi connectivity index (χ0n) is 9.64. The first-order valence-electron chi connectivity index (χ1n) is 4.98. The summed E-state index contributed by atoms with van der Waals surface area (Å²) in [5.41, 5.74) is 1.41. The topological polar surface area (TPSA) is 55.8 Å². The van der Waals surface area contributed by atoms with Gasteiger partial charge in [-0.15, -0.1) is 0 Å². The van der Waals surface area contributed by atoms with Gasteiger partial charge in [0.15, 0.2) is 6.10 Å². The monoisotopic (exact) mass is 224 g/mol.